The zero-order valence-corrected chi connectivity index (χ0v) is 14.4. The molecule has 3 aliphatic rings. The van der Waals surface area contributed by atoms with Gasteiger partial charge in [0.25, 0.3) is 0 Å². The van der Waals surface area contributed by atoms with Gasteiger partial charge in [0, 0.05) is 25.2 Å². The van der Waals surface area contributed by atoms with Crippen molar-refractivity contribution in [2.75, 3.05) is 32.7 Å². The van der Waals surface area contributed by atoms with Gasteiger partial charge >= 0.3 is 0 Å². The van der Waals surface area contributed by atoms with Gasteiger partial charge in [0.05, 0.1) is 0 Å². The van der Waals surface area contributed by atoms with Gasteiger partial charge in [0.2, 0.25) is 0 Å². The summed E-state index contributed by atoms with van der Waals surface area (Å²) in [6, 6.07) is 1.25. The summed E-state index contributed by atoms with van der Waals surface area (Å²) in [5.41, 5.74) is 6.71. The largest absolute Gasteiger partial charge is 0.327 e. The van der Waals surface area contributed by atoms with E-state index in [-0.39, 0.29) is 0 Å². The lowest BCUT2D eigenvalue weighted by Crippen LogP contribution is -2.50. The monoisotopic (exact) mass is 293 g/mol. The van der Waals surface area contributed by atoms with Gasteiger partial charge in [-0.15, -0.1) is 0 Å². The zero-order chi connectivity index (χ0) is 15.0. The maximum absolute atomic E-state index is 6.32. The van der Waals surface area contributed by atoms with Crippen LogP contribution in [0.5, 0.6) is 0 Å². The van der Waals surface area contributed by atoms with Crippen molar-refractivity contribution in [3.05, 3.63) is 0 Å². The van der Waals surface area contributed by atoms with Crippen molar-refractivity contribution in [2.45, 2.75) is 65.0 Å². The highest BCUT2D eigenvalue weighted by Crippen LogP contribution is 2.44. The predicted molar refractivity (Wildman–Crippen MR) is 89.3 cm³/mol. The molecule has 0 spiro atoms. The molecule has 4 atom stereocenters. The van der Waals surface area contributed by atoms with Crippen molar-refractivity contribution in [1.29, 1.82) is 0 Å². The second kappa shape index (κ2) is 6.17. The smallest absolute Gasteiger partial charge is 0.0223 e. The minimum absolute atomic E-state index is 0.388. The number of nitrogens with two attached hydrogens (primary N) is 1. The highest BCUT2D eigenvalue weighted by molar-refractivity contribution is 4.95. The summed E-state index contributed by atoms with van der Waals surface area (Å²) < 4.78 is 0. The first kappa shape index (κ1) is 15.8. The molecule has 122 valence electrons. The van der Waals surface area contributed by atoms with Crippen LogP contribution >= 0.6 is 0 Å². The highest BCUT2D eigenvalue weighted by Gasteiger charge is 2.42. The molecule has 3 fully saturated rings. The average molecular weight is 293 g/mol. The number of hydrogen-bond donors (Lipinski definition) is 1. The third-order valence-corrected chi connectivity index (χ3v) is 7.08. The molecule has 1 saturated carbocycles. The third-order valence-electron chi connectivity index (χ3n) is 7.08. The number of nitrogens with zero attached hydrogens (tertiary/aromatic N) is 2. The molecule has 0 aromatic heterocycles. The van der Waals surface area contributed by atoms with E-state index in [0.717, 1.165) is 12.0 Å². The van der Waals surface area contributed by atoms with Crippen LogP contribution < -0.4 is 5.73 Å². The van der Waals surface area contributed by atoms with E-state index in [0.29, 0.717) is 17.4 Å². The lowest BCUT2D eigenvalue weighted by molar-refractivity contribution is 0.0274. The zero-order valence-electron chi connectivity index (χ0n) is 14.4. The van der Waals surface area contributed by atoms with Gasteiger partial charge in [0.15, 0.2) is 0 Å². The van der Waals surface area contributed by atoms with Gasteiger partial charge in [0.1, 0.15) is 0 Å². The van der Waals surface area contributed by atoms with E-state index in [1.807, 2.05) is 0 Å². The van der Waals surface area contributed by atoms with E-state index < -0.39 is 0 Å². The Morgan fingerprint density at radius 2 is 1.81 bits per heavy atom. The van der Waals surface area contributed by atoms with Crippen molar-refractivity contribution >= 4 is 0 Å². The van der Waals surface area contributed by atoms with Gasteiger partial charge < -0.3 is 10.6 Å². The van der Waals surface area contributed by atoms with Crippen LogP contribution in [0, 0.1) is 17.3 Å². The van der Waals surface area contributed by atoms with E-state index in [1.54, 1.807) is 0 Å². The molecule has 0 radical (unpaired) electrons. The van der Waals surface area contributed by atoms with Gasteiger partial charge in [-0.1, -0.05) is 20.8 Å². The molecule has 3 heteroatoms. The quantitative estimate of drug-likeness (QED) is 0.849. The van der Waals surface area contributed by atoms with Crippen molar-refractivity contribution in [3.63, 3.8) is 0 Å². The number of rotatable bonds is 2. The fourth-order valence-electron chi connectivity index (χ4n) is 5.03. The van der Waals surface area contributed by atoms with Crippen molar-refractivity contribution in [1.82, 2.24) is 9.80 Å². The van der Waals surface area contributed by atoms with Crippen molar-refractivity contribution in [3.8, 4) is 0 Å². The molecule has 3 nitrogen and oxygen atoms in total. The highest BCUT2D eigenvalue weighted by atomic mass is 15.3. The summed E-state index contributed by atoms with van der Waals surface area (Å²) in [6.45, 7) is 13.9. The van der Waals surface area contributed by atoms with Crippen LogP contribution in [0.3, 0.4) is 0 Å². The summed E-state index contributed by atoms with van der Waals surface area (Å²) in [5, 5.41) is 0. The topological polar surface area (TPSA) is 32.5 Å². The number of fused-ring (bicyclic) bond motifs is 1. The Morgan fingerprint density at radius 1 is 1.05 bits per heavy atom. The Bertz CT molecular complexity index is 354. The van der Waals surface area contributed by atoms with Crippen LogP contribution in [-0.2, 0) is 0 Å². The first-order valence-electron chi connectivity index (χ1n) is 9.20. The maximum atomic E-state index is 6.32. The molecule has 0 aromatic carbocycles. The molecular formula is C18H35N3. The minimum atomic E-state index is 0.388. The molecule has 2 N–H and O–H groups in total. The lowest BCUT2D eigenvalue weighted by Gasteiger charge is -2.48. The van der Waals surface area contributed by atoms with Crippen LogP contribution in [0.1, 0.15) is 52.9 Å². The Morgan fingerprint density at radius 3 is 2.62 bits per heavy atom. The van der Waals surface area contributed by atoms with E-state index in [1.165, 1.54) is 64.8 Å². The van der Waals surface area contributed by atoms with Gasteiger partial charge in [-0.25, -0.2) is 0 Å². The van der Waals surface area contributed by atoms with Gasteiger partial charge in [-0.2, -0.15) is 0 Å². The fourth-order valence-corrected chi connectivity index (χ4v) is 5.03. The van der Waals surface area contributed by atoms with Crippen LogP contribution in [0.25, 0.3) is 0 Å². The third kappa shape index (κ3) is 3.16. The second-order valence-corrected chi connectivity index (χ2v) is 8.49. The lowest BCUT2D eigenvalue weighted by atomic mass is 9.61. The Balaban J connectivity index is 1.62. The molecule has 0 bridgehead atoms. The molecule has 3 rings (SSSR count). The summed E-state index contributed by atoms with van der Waals surface area (Å²) in [5.74, 6) is 1.46. The van der Waals surface area contributed by atoms with E-state index in [2.05, 4.69) is 30.6 Å². The summed E-state index contributed by atoms with van der Waals surface area (Å²) >= 11 is 0. The Labute approximate surface area is 131 Å². The fraction of sp³-hybridized carbons (Fsp3) is 1.00. The second-order valence-electron chi connectivity index (χ2n) is 8.49. The molecule has 4 unspecified atom stereocenters. The molecule has 21 heavy (non-hydrogen) atoms. The number of hydrogen-bond acceptors (Lipinski definition) is 3. The summed E-state index contributed by atoms with van der Waals surface area (Å²) in [4.78, 5) is 5.52. The molecule has 2 saturated heterocycles. The van der Waals surface area contributed by atoms with Crippen molar-refractivity contribution < 1.29 is 0 Å². The van der Waals surface area contributed by atoms with Gasteiger partial charge in [-0.3, -0.25) is 4.90 Å². The van der Waals surface area contributed by atoms with Crippen LogP contribution in [-0.4, -0.2) is 54.6 Å². The molecule has 2 aliphatic heterocycles. The van der Waals surface area contributed by atoms with Crippen LogP contribution in [0.4, 0.5) is 0 Å². The van der Waals surface area contributed by atoms with E-state index >= 15 is 0 Å². The first-order valence-corrected chi connectivity index (χ1v) is 9.20. The molecule has 1 aliphatic carbocycles. The standard InChI is InChI=1S/C18H35N3/c1-14-17(19)8-7-15(18(14,2)3)12-20-9-5-11-21-10-4-6-16(21)13-20/h14-17H,4-13,19H2,1-3H3. The van der Waals surface area contributed by atoms with Crippen molar-refractivity contribution in [2.24, 2.45) is 23.0 Å². The van der Waals surface area contributed by atoms with Crippen LogP contribution in [0.2, 0.25) is 0 Å². The normalized spacial score (nSPS) is 41.7. The van der Waals surface area contributed by atoms with Gasteiger partial charge in [-0.05, 0) is 69.0 Å². The summed E-state index contributed by atoms with van der Waals surface area (Å²) in [7, 11) is 0. The first-order chi connectivity index (χ1) is 9.98. The maximum Gasteiger partial charge on any atom is 0.0223 e. The SMILES string of the molecule is CC1C(N)CCC(CN2CCCN3CCCC3C2)C1(C)C. The molecule has 2 heterocycles. The predicted octanol–water partition coefficient (Wildman–Crippen LogP) is 2.56. The molecular weight excluding hydrogens is 258 g/mol. The molecule has 0 amide bonds. The molecule has 0 aromatic rings. The minimum Gasteiger partial charge on any atom is -0.327 e. The Hall–Kier alpha value is -0.120. The summed E-state index contributed by atoms with van der Waals surface area (Å²) in [6.07, 6.45) is 6.74. The van der Waals surface area contributed by atoms with E-state index in [4.69, 9.17) is 5.73 Å². The van der Waals surface area contributed by atoms with Crippen LogP contribution in [0.15, 0.2) is 0 Å². The Kier molecular flexibility index (Phi) is 4.63. The average Bonchev–Trinajstić information content (AvgIpc) is 2.79. The van der Waals surface area contributed by atoms with E-state index in [9.17, 15) is 0 Å².